The monoisotopic (exact) mass is 366 g/mol. The van der Waals surface area contributed by atoms with Crippen molar-refractivity contribution in [2.24, 2.45) is 0 Å². The first-order valence-electron chi connectivity index (χ1n) is 8.92. The molecule has 1 aliphatic rings. The number of pyridine rings is 1. The molecule has 1 N–H and O–H groups in total. The van der Waals surface area contributed by atoms with Crippen molar-refractivity contribution >= 4 is 11.3 Å². The predicted octanol–water partition coefficient (Wildman–Crippen LogP) is 3.58. The summed E-state index contributed by atoms with van der Waals surface area (Å²) in [5.74, 6) is 1.02. The van der Waals surface area contributed by atoms with Gasteiger partial charge in [0.15, 0.2) is 0 Å². The lowest BCUT2D eigenvalue weighted by Gasteiger charge is -2.28. The van der Waals surface area contributed by atoms with E-state index in [-0.39, 0.29) is 11.5 Å². The van der Waals surface area contributed by atoms with Gasteiger partial charge in [-0.05, 0) is 23.1 Å². The fraction of sp³-hybridized carbons (Fsp3) is 0.350. The van der Waals surface area contributed by atoms with Gasteiger partial charge in [-0.25, -0.2) is 4.98 Å². The Labute approximate surface area is 156 Å². The van der Waals surface area contributed by atoms with Crippen LogP contribution in [0, 0.1) is 0 Å². The molecular formula is C20H22N4OS. The van der Waals surface area contributed by atoms with Gasteiger partial charge in [-0.3, -0.25) is 14.7 Å². The second-order valence-corrected chi connectivity index (χ2v) is 7.79. The van der Waals surface area contributed by atoms with E-state index in [1.807, 2.05) is 26.1 Å². The maximum absolute atomic E-state index is 12.5. The van der Waals surface area contributed by atoms with E-state index in [9.17, 15) is 4.79 Å². The van der Waals surface area contributed by atoms with Crippen molar-refractivity contribution in [2.45, 2.75) is 39.3 Å². The quantitative estimate of drug-likeness (QED) is 0.767. The van der Waals surface area contributed by atoms with E-state index < -0.39 is 0 Å². The highest BCUT2D eigenvalue weighted by atomic mass is 32.1. The normalized spacial score (nSPS) is 14.6. The molecule has 1 aliphatic heterocycles. The lowest BCUT2D eigenvalue weighted by Crippen LogP contribution is -2.36. The summed E-state index contributed by atoms with van der Waals surface area (Å²) in [5, 5.41) is 4.20. The minimum Gasteiger partial charge on any atom is -0.310 e. The van der Waals surface area contributed by atoms with E-state index in [1.165, 1.54) is 5.56 Å². The van der Waals surface area contributed by atoms with Crippen LogP contribution >= 0.6 is 11.3 Å². The zero-order valence-electron chi connectivity index (χ0n) is 15.0. The molecule has 26 heavy (non-hydrogen) atoms. The molecule has 0 aliphatic carbocycles. The number of H-pyrrole nitrogens is 1. The number of thiophene rings is 1. The van der Waals surface area contributed by atoms with Crippen LogP contribution in [0.2, 0.25) is 0 Å². The van der Waals surface area contributed by atoms with Crippen molar-refractivity contribution in [2.75, 3.05) is 6.54 Å². The molecule has 3 aromatic heterocycles. The maximum Gasteiger partial charge on any atom is 0.255 e. The summed E-state index contributed by atoms with van der Waals surface area (Å²) in [7, 11) is 0. The second kappa shape index (κ2) is 7.13. The summed E-state index contributed by atoms with van der Waals surface area (Å²) in [4.78, 5) is 27.0. The number of hydrogen-bond donors (Lipinski definition) is 1. The van der Waals surface area contributed by atoms with E-state index >= 15 is 0 Å². The van der Waals surface area contributed by atoms with Crippen LogP contribution in [0.5, 0.6) is 0 Å². The molecule has 0 bridgehead atoms. The molecular weight excluding hydrogens is 344 g/mol. The minimum atomic E-state index is 0.00708. The SMILES string of the molecule is CC(C)c1nc2c(c(=O)[nH]1)CN(Cc1cccnc1-c1ccsc1)CC2. The topological polar surface area (TPSA) is 61.9 Å². The first-order valence-corrected chi connectivity index (χ1v) is 9.87. The highest BCUT2D eigenvalue weighted by Gasteiger charge is 2.22. The smallest absolute Gasteiger partial charge is 0.255 e. The Balaban J connectivity index is 1.59. The number of hydrogen-bond acceptors (Lipinski definition) is 5. The molecule has 4 rings (SSSR count). The van der Waals surface area contributed by atoms with Crippen LogP contribution in [-0.4, -0.2) is 26.4 Å². The summed E-state index contributed by atoms with van der Waals surface area (Å²) in [6, 6.07) is 6.20. The summed E-state index contributed by atoms with van der Waals surface area (Å²) in [6.07, 6.45) is 2.65. The molecule has 0 amide bonds. The average molecular weight is 366 g/mol. The summed E-state index contributed by atoms with van der Waals surface area (Å²) < 4.78 is 0. The van der Waals surface area contributed by atoms with Crippen LogP contribution in [0.3, 0.4) is 0 Å². The predicted molar refractivity (Wildman–Crippen MR) is 104 cm³/mol. The minimum absolute atomic E-state index is 0.00708. The highest BCUT2D eigenvalue weighted by Crippen LogP contribution is 2.26. The number of fused-ring (bicyclic) bond motifs is 1. The molecule has 0 unspecified atom stereocenters. The molecule has 6 heteroatoms. The summed E-state index contributed by atoms with van der Waals surface area (Å²) >= 11 is 1.68. The molecule has 0 saturated heterocycles. The van der Waals surface area contributed by atoms with Gasteiger partial charge < -0.3 is 4.98 Å². The van der Waals surface area contributed by atoms with E-state index in [4.69, 9.17) is 0 Å². The second-order valence-electron chi connectivity index (χ2n) is 7.01. The molecule has 0 atom stereocenters. The summed E-state index contributed by atoms with van der Waals surface area (Å²) in [6.45, 7) is 6.42. The average Bonchev–Trinajstić information content (AvgIpc) is 3.17. The first-order chi connectivity index (χ1) is 12.6. The third kappa shape index (κ3) is 3.34. The van der Waals surface area contributed by atoms with Gasteiger partial charge in [-0.1, -0.05) is 19.9 Å². The van der Waals surface area contributed by atoms with Crippen LogP contribution in [0.1, 0.15) is 42.4 Å². The van der Waals surface area contributed by atoms with Crippen molar-refractivity contribution < 1.29 is 0 Å². The van der Waals surface area contributed by atoms with E-state index in [2.05, 4.69) is 42.7 Å². The van der Waals surface area contributed by atoms with Gasteiger partial charge in [0.1, 0.15) is 5.82 Å². The number of nitrogens with one attached hydrogen (secondary N) is 1. The molecule has 134 valence electrons. The van der Waals surface area contributed by atoms with Gasteiger partial charge in [-0.15, -0.1) is 0 Å². The van der Waals surface area contributed by atoms with Crippen LogP contribution in [0.15, 0.2) is 40.0 Å². The zero-order valence-corrected chi connectivity index (χ0v) is 15.8. The number of aromatic nitrogens is 3. The van der Waals surface area contributed by atoms with Crippen molar-refractivity contribution in [3.63, 3.8) is 0 Å². The van der Waals surface area contributed by atoms with E-state index in [0.717, 1.165) is 47.8 Å². The van der Waals surface area contributed by atoms with Gasteiger partial charge in [-0.2, -0.15) is 11.3 Å². The molecule has 3 aromatic rings. The van der Waals surface area contributed by atoms with Crippen molar-refractivity contribution in [3.05, 3.63) is 68.2 Å². The van der Waals surface area contributed by atoms with Gasteiger partial charge >= 0.3 is 0 Å². The molecule has 0 spiro atoms. The first kappa shape index (κ1) is 17.1. The van der Waals surface area contributed by atoms with Crippen LogP contribution in [0.4, 0.5) is 0 Å². The van der Waals surface area contributed by atoms with Gasteiger partial charge in [0.05, 0.1) is 17.0 Å². The van der Waals surface area contributed by atoms with Crippen LogP contribution < -0.4 is 5.56 Å². The fourth-order valence-electron chi connectivity index (χ4n) is 3.37. The maximum atomic E-state index is 12.5. The molecule has 0 radical (unpaired) electrons. The fourth-order valence-corrected chi connectivity index (χ4v) is 4.02. The Morgan fingerprint density at radius 3 is 3.00 bits per heavy atom. The number of rotatable bonds is 4. The number of aromatic amines is 1. The Morgan fingerprint density at radius 2 is 2.23 bits per heavy atom. The third-order valence-electron chi connectivity index (χ3n) is 4.79. The molecule has 5 nitrogen and oxygen atoms in total. The van der Waals surface area contributed by atoms with Crippen molar-refractivity contribution in [1.29, 1.82) is 0 Å². The highest BCUT2D eigenvalue weighted by molar-refractivity contribution is 7.08. The molecule has 0 aromatic carbocycles. The van der Waals surface area contributed by atoms with Crippen LogP contribution in [0.25, 0.3) is 11.3 Å². The molecule has 4 heterocycles. The van der Waals surface area contributed by atoms with Gasteiger partial charge in [0, 0.05) is 49.1 Å². The van der Waals surface area contributed by atoms with Gasteiger partial charge in [0.2, 0.25) is 0 Å². The zero-order chi connectivity index (χ0) is 18.1. The molecule has 0 saturated carbocycles. The van der Waals surface area contributed by atoms with Crippen molar-refractivity contribution in [3.8, 4) is 11.3 Å². The Kier molecular flexibility index (Phi) is 4.70. The lowest BCUT2D eigenvalue weighted by molar-refractivity contribution is 0.241. The van der Waals surface area contributed by atoms with Gasteiger partial charge in [0.25, 0.3) is 5.56 Å². The van der Waals surface area contributed by atoms with Crippen LogP contribution in [-0.2, 0) is 19.5 Å². The van der Waals surface area contributed by atoms with Crippen molar-refractivity contribution in [1.82, 2.24) is 19.9 Å². The third-order valence-corrected chi connectivity index (χ3v) is 5.48. The molecule has 0 fully saturated rings. The van der Waals surface area contributed by atoms with E-state index in [1.54, 1.807) is 11.3 Å². The standard InChI is InChI=1S/C20H22N4OS/c1-13(2)19-22-17-5-8-24(11-16(17)20(25)23-19)10-14-4-3-7-21-18(14)15-6-9-26-12-15/h3-4,6-7,9,12-13H,5,8,10-11H2,1-2H3,(H,22,23,25). The van der Waals surface area contributed by atoms with E-state index in [0.29, 0.717) is 6.54 Å². The Bertz CT molecular complexity index is 962. The lowest BCUT2D eigenvalue weighted by atomic mass is 10.0. The Morgan fingerprint density at radius 1 is 1.35 bits per heavy atom. The number of nitrogens with zero attached hydrogens (tertiary/aromatic N) is 3. The summed E-state index contributed by atoms with van der Waals surface area (Å²) in [5.41, 5.74) is 5.15. The largest absolute Gasteiger partial charge is 0.310 e. The Hall–Kier alpha value is -2.31.